The van der Waals surface area contributed by atoms with Gasteiger partial charge in [0.25, 0.3) is 5.91 Å². The molecule has 4 aromatic rings. The number of hydrogen-bond acceptors (Lipinski definition) is 6. The van der Waals surface area contributed by atoms with Crippen LogP contribution in [-0.4, -0.2) is 27.1 Å². The van der Waals surface area contributed by atoms with E-state index in [0.717, 1.165) is 21.3 Å². The second-order valence-corrected chi connectivity index (χ2v) is 10.2. The topological polar surface area (TPSA) is 92.3 Å². The first-order valence-corrected chi connectivity index (χ1v) is 13.2. The van der Waals surface area contributed by atoms with E-state index in [2.05, 4.69) is 15.9 Å². The van der Waals surface area contributed by atoms with Gasteiger partial charge >= 0.3 is 5.97 Å². The number of carboxylic acid groups (broad SMARTS) is 1. The van der Waals surface area contributed by atoms with E-state index in [1.807, 2.05) is 60.7 Å². The minimum Gasteiger partial charge on any atom is -0.488 e. The first-order chi connectivity index (χ1) is 18.5. The highest BCUT2D eigenvalue weighted by molar-refractivity contribution is 9.10. The number of halogens is 1. The van der Waals surface area contributed by atoms with Crippen LogP contribution in [-0.2, 0) is 17.9 Å². The zero-order valence-corrected chi connectivity index (χ0v) is 22.3. The number of benzene rings is 3. The fraction of sp³-hybridized carbons (Fsp3) is 0.0690. The summed E-state index contributed by atoms with van der Waals surface area (Å²) in [6, 6.07) is 25.3. The average Bonchev–Trinajstić information content (AvgIpc) is 3.53. The van der Waals surface area contributed by atoms with Gasteiger partial charge in [0.1, 0.15) is 18.1 Å². The summed E-state index contributed by atoms with van der Waals surface area (Å²) in [6.45, 7) is 0.570. The number of aliphatic imine (C=N–C) groups is 1. The number of furan rings is 1. The van der Waals surface area contributed by atoms with Crippen molar-refractivity contribution in [3.8, 4) is 5.75 Å². The Hall–Kier alpha value is -4.08. The maximum atomic E-state index is 13.4. The third kappa shape index (κ3) is 6.07. The summed E-state index contributed by atoms with van der Waals surface area (Å²) >= 11 is 4.87. The average molecular weight is 589 g/mol. The second kappa shape index (κ2) is 11.5. The van der Waals surface area contributed by atoms with Crippen molar-refractivity contribution in [2.24, 2.45) is 4.99 Å². The van der Waals surface area contributed by atoms with Crippen LogP contribution in [0.2, 0.25) is 0 Å². The lowest BCUT2D eigenvalue weighted by Crippen LogP contribution is -2.28. The van der Waals surface area contributed by atoms with Crippen LogP contribution >= 0.6 is 27.7 Å². The smallest absolute Gasteiger partial charge is 0.335 e. The standard InChI is InChI=1S/C29H21BrN2O5S/c30-24-15-20(10-13-25(24)37-18-19-8-11-21(12-9-19)28(34)35)16-26-27(33)32(17-23-7-4-14-36-23)29(38-26)31-22-5-2-1-3-6-22/h1-16H,17-18H2,(H,34,35)/b26-16-,31-29?. The maximum absolute atomic E-state index is 13.4. The van der Waals surface area contributed by atoms with E-state index in [9.17, 15) is 9.59 Å². The van der Waals surface area contributed by atoms with E-state index in [0.29, 0.717) is 21.6 Å². The largest absolute Gasteiger partial charge is 0.488 e. The number of carbonyl (C=O) groups is 2. The fourth-order valence-electron chi connectivity index (χ4n) is 3.68. The molecule has 0 unspecified atom stereocenters. The zero-order valence-electron chi connectivity index (χ0n) is 19.9. The molecule has 190 valence electrons. The molecule has 1 aromatic heterocycles. The molecule has 5 rings (SSSR count). The lowest BCUT2D eigenvalue weighted by molar-refractivity contribution is -0.122. The quantitative estimate of drug-likeness (QED) is 0.220. The zero-order chi connectivity index (χ0) is 26.5. The normalized spacial score (nSPS) is 15.4. The van der Waals surface area contributed by atoms with Gasteiger partial charge in [-0.15, -0.1) is 0 Å². The lowest BCUT2D eigenvalue weighted by Gasteiger charge is -2.13. The van der Waals surface area contributed by atoms with E-state index in [1.165, 1.54) is 11.8 Å². The number of carboxylic acids is 1. The summed E-state index contributed by atoms with van der Waals surface area (Å²) in [7, 11) is 0. The number of ether oxygens (including phenoxy) is 1. The van der Waals surface area contributed by atoms with Crippen LogP contribution < -0.4 is 4.74 Å². The fourth-order valence-corrected chi connectivity index (χ4v) is 5.19. The van der Waals surface area contributed by atoms with Crippen molar-refractivity contribution in [1.82, 2.24) is 4.90 Å². The van der Waals surface area contributed by atoms with E-state index in [4.69, 9.17) is 19.3 Å². The van der Waals surface area contributed by atoms with Crippen molar-refractivity contribution in [2.45, 2.75) is 13.2 Å². The number of carbonyl (C=O) groups excluding carboxylic acids is 1. The number of nitrogens with zero attached hydrogens (tertiary/aromatic N) is 2. The molecule has 38 heavy (non-hydrogen) atoms. The van der Waals surface area contributed by atoms with Crippen LogP contribution in [0.5, 0.6) is 5.75 Å². The lowest BCUT2D eigenvalue weighted by atomic mass is 10.1. The number of amides is 1. The van der Waals surface area contributed by atoms with Crippen LogP contribution in [0.15, 0.2) is 110 Å². The van der Waals surface area contributed by atoms with Crippen LogP contribution in [0, 0.1) is 0 Å². The molecule has 3 aromatic carbocycles. The number of para-hydroxylation sites is 1. The molecule has 0 saturated carbocycles. The molecule has 7 nitrogen and oxygen atoms in total. The highest BCUT2D eigenvalue weighted by Crippen LogP contribution is 2.36. The first-order valence-electron chi connectivity index (χ1n) is 11.6. The van der Waals surface area contributed by atoms with Gasteiger partial charge in [0.2, 0.25) is 0 Å². The van der Waals surface area contributed by atoms with Crippen molar-refractivity contribution in [3.63, 3.8) is 0 Å². The summed E-state index contributed by atoms with van der Waals surface area (Å²) < 4.78 is 12.1. The molecule has 0 spiro atoms. The Bertz CT molecular complexity index is 1520. The summed E-state index contributed by atoms with van der Waals surface area (Å²) in [6.07, 6.45) is 3.41. The van der Waals surface area contributed by atoms with Gasteiger partial charge < -0.3 is 14.3 Å². The minimum atomic E-state index is -0.966. The van der Waals surface area contributed by atoms with Gasteiger partial charge in [-0.2, -0.15) is 0 Å². The summed E-state index contributed by atoms with van der Waals surface area (Å²) in [4.78, 5) is 31.2. The van der Waals surface area contributed by atoms with Crippen molar-refractivity contribution in [1.29, 1.82) is 0 Å². The van der Waals surface area contributed by atoms with Gasteiger partial charge in [0.15, 0.2) is 5.17 Å². The number of amidine groups is 1. The molecule has 0 aliphatic carbocycles. The molecule has 1 aliphatic rings. The minimum absolute atomic E-state index is 0.151. The van der Waals surface area contributed by atoms with Gasteiger partial charge in [-0.3, -0.25) is 9.69 Å². The van der Waals surface area contributed by atoms with Gasteiger partial charge in [-0.05, 0) is 93.4 Å². The molecular formula is C29H21BrN2O5S. The molecule has 1 saturated heterocycles. The third-order valence-electron chi connectivity index (χ3n) is 5.61. The second-order valence-electron chi connectivity index (χ2n) is 8.29. The molecule has 1 amide bonds. The van der Waals surface area contributed by atoms with Gasteiger partial charge in [0, 0.05) is 0 Å². The molecule has 0 radical (unpaired) electrons. The molecular weight excluding hydrogens is 568 g/mol. The molecule has 0 bridgehead atoms. The highest BCUT2D eigenvalue weighted by atomic mass is 79.9. The molecule has 1 aliphatic heterocycles. The predicted octanol–water partition coefficient (Wildman–Crippen LogP) is 7.12. The van der Waals surface area contributed by atoms with Crippen LogP contribution in [0.1, 0.15) is 27.2 Å². The highest BCUT2D eigenvalue weighted by Gasteiger charge is 2.34. The molecule has 1 fully saturated rings. The van der Waals surface area contributed by atoms with Crippen LogP contribution in [0.4, 0.5) is 5.69 Å². The number of hydrogen-bond donors (Lipinski definition) is 1. The molecule has 1 N–H and O–H groups in total. The molecule has 2 heterocycles. The number of thioether (sulfide) groups is 1. The monoisotopic (exact) mass is 588 g/mol. The Labute approximate surface area is 231 Å². The Morgan fingerprint density at radius 3 is 2.53 bits per heavy atom. The number of rotatable bonds is 8. The van der Waals surface area contributed by atoms with Gasteiger partial charge in [-0.25, -0.2) is 9.79 Å². The Morgan fingerprint density at radius 1 is 1.05 bits per heavy atom. The van der Waals surface area contributed by atoms with Crippen molar-refractivity contribution < 1.29 is 23.8 Å². The maximum Gasteiger partial charge on any atom is 0.335 e. The van der Waals surface area contributed by atoms with E-state index in [-0.39, 0.29) is 24.6 Å². The van der Waals surface area contributed by atoms with Crippen molar-refractivity contribution in [2.75, 3.05) is 0 Å². The van der Waals surface area contributed by atoms with Gasteiger partial charge in [0.05, 0.1) is 33.4 Å². The van der Waals surface area contributed by atoms with Crippen LogP contribution in [0.25, 0.3) is 6.08 Å². The Balaban J connectivity index is 1.33. The SMILES string of the molecule is O=C(O)c1ccc(COc2ccc(/C=C3\SC(=Nc4ccccc4)N(Cc4ccco4)C3=O)cc2Br)cc1. The first kappa shape index (κ1) is 25.6. The summed E-state index contributed by atoms with van der Waals surface area (Å²) in [5.74, 6) is 0.183. The Morgan fingerprint density at radius 2 is 1.84 bits per heavy atom. The van der Waals surface area contributed by atoms with E-state index in [1.54, 1.807) is 41.5 Å². The summed E-state index contributed by atoms with van der Waals surface area (Å²) in [5.41, 5.74) is 2.66. The molecule has 9 heteroatoms. The van der Waals surface area contributed by atoms with Crippen molar-refractivity contribution in [3.05, 3.63) is 123 Å². The molecule has 0 atom stereocenters. The van der Waals surface area contributed by atoms with E-state index >= 15 is 0 Å². The summed E-state index contributed by atoms with van der Waals surface area (Å²) in [5, 5.41) is 9.62. The van der Waals surface area contributed by atoms with Crippen LogP contribution in [0.3, 0.4) is 0 Å². The van der Waals surface area contributed by atoms with Gasteiger partial charge in [-0.1, -0.05) is 36.4 Å². The predicted molar refractivity (Wildman–Crippen MR) is 150 cm³/mol. The third-order valence-corrected chi connectivity index (χ3v) is 7.24. The number of aromatic carboxylic acids is 1. The van der Waals surface area contributed by atoms with E-state index < -0.39 is 5.97 Å². The van der Waals surface area contributed by atoms with Crippen molar-refractivity contribution >= 4 is 56.5 Å². The Kier molecular flexibility index (Phi) is 7.76.